The van der Waals surface area contributed by atoms with E-state index < -0.39 is 20.8 Å². The van der Waals surface area contributed by atoms with E-state index >= 15 is 0 Å². The fourth-order valence-corrected chi connectivity index (χ4v) is 3.22. The van der Waals surface area contributed by atoms with Crippen LogP contribution in [0.2, 0.25) is 0 Å². The summed E-state index contributed by atoms with van der Waals surface area (Å²) in [6.07, 6.45) is 2.83. The summed E-state index contributed by atoms with van der Waals surface area (Å²) in [7, 11) is 1.16. The predicted molar refractivity (Wildman–Crippen MR) is 78.4 cm³/mol. The highest BCUT2D eigenvalue weighted by molar-refractivity contribution is 8.13. The summed E-state index contributed by atoms with van der Waals surface area (Å²) >= 11 is 0. The second-order valence-electron chi connectivity index (χ2n) is 5.41. The van der Waals surface area contributed by atoms with E-state index in [0.29, 0.717) is 19.0 Å². The molecular formula is C14H17ClFNO3S. The Bertz CT molecular complexity index is 648. The third-order valence-corrected chi connectivity index (χ3v) is 5.11. The molecule has 1 aromatic carbocycles. The lowest BCUT2D eigenvalue weighted by Crippen LogP contribution is -2.32. The number of carbonyl (C=O) groups is 1. The Morgan fingerprint density at radius 2 is 2.05 bits per heavy atom. The zero-order valence-corrected chi connectivity index (χ0v) is 13.3. The highest BCUT2D eigenvalue weighted by atomic mass is 35.7. The Morgan fingerprint density at radius 3 is 2.67 bits per heavy atom. The van der Waals surface area contributed by atoms with Crippen molar-refractivity contribution in [2.75, 3.05) is 13.1 Å². The molecule has 0 aliphatic carbocycles. The number of carbonyl (C=O) groups excluding carboxylic acids is 1. The third-order valence-electron chi connectivity index (χ3n) is 3.76. The highest BCUT2D eigenvalue weighted by Gasteiger charge is 2.23. The largest absolute Gasteiger partial charge is 0.339 e. The van der Waals surface area contributed by atoms with Gasteiger partial charge in [-0.2, -0.15) is 0 Å². The van der Waals surface area contributed by atoms with Crippen molar-refractivity contribution in [2.45, 2.75) is 31.1 Å². The highest BCUT2D eigenvalue weighted by Crippen LogP contribution is 2.22. The molecule has 1 heterocycles. The standard InChI is InChI=1S/C14H17ClFNO3S/c1-10-3-2-7-17(8-6-10)14(18)12-5-4-11(9-13(12)16)21(15,19)20/h4-5,9-10H,2-3,6-8H2,1H3. The van der Waals surface area contributed by atoms with Crippen LogP contribution in [-0.4, -0.2) is 32.3 Å². The van der Waals surface area contributed by atoms with Crippen LogP contribution in [0.5, 0.6) is 0 Å². The molecule has 1 aliphatic heterocycles. The Balaban J connectivity index is 2.23. The molecule has 4 nitrogen and oxygen atoms in total. The van der Waals surface area contributed by atoms with Crippen LogP contribution in [-0.2, 0) is 9.05 Å². The summed E-state index contributed by atoms with van der Waals surface area (Å²) in [5.41, 5.74) is -0.117. The van der Waals surface area contributed by atoms with E-state index in [0.717, 1.165) is 31.4 Å². The maximum Gasteiger partial charge on any atom is 0.261 e. The first-order valence-corrected chi connectivity index (χ1v) is 9.13. The lowest BCUT2D eigenvalue weighted by atomic mass is 10.0. The fourth-order valence-electron chi connectivity index (χ4n) is 2.46. The molecule has 1 unspecified atom stereocenters. The summed E-state index contributed by atoms with van der Waals surface area (Å²) in [5.74, 6) is -0.712. The fraction of sp³-hybridized carbons (Fsp3) is 0.500. The first kappa shape index (κ1) is 16.2. The Kier molecular flexibility index (Phi) is 4.88. The summed E-state index contributed by atoms with van der Waals surface area (Å²) < 4.78 is 36.3. The van der Waals surface area contributed by atoms with E-state index in [4.69, 9.17) is 10.7 Å². The number of hydrogen-bond acceptors (Lipinski definition) is 3. The summed E-state index contributed by atoms with van der Waals surface area (Å²) in [6.45, 7) is 3.32. The van der Waals surface area contributed by atoms with Crippen LogP contribution in [0.1, 0.15) is 36.5 Å². The van der Waals surface area contributed by atoms with Gasteiger partial charge in [-0.1, -0.05) is 6.92 Å². The van der Waals surface area contributed by atoms with Crippen LogP contribution in [0.15, 0.2) is 23.1 Å². The molecular weight excluding hydrogens is 317 g/mol. The number of nitrogens with zero attached hydrogens (tertiary/aromatic N) is 1. The summed E-state index contributed by atoms with van der Waals surface area (Å²) in [5, 5.41) is 0. The molecule has 116 valence electrons. The number of rotatable bonds is 2. The number of likely N-dealkylation sites (tertiary alicyclic amines) is 1. The lowest BCUT2D eigenvalue weighted by Gasteiger charge is -2.20. The molecule has 7 heteroatoms. The van der Waals surface area contributed by atoms with E-state index in [1.807, 2.05) is 0 Å². The Hall–Kier alpha value is -1.14. The lowest BCUT2D eigenvalue weighted by molar-refractivity contribution is 0.0755. The van der Waals surface area contributed by atoms with Gasteiger partial charge in [0, 0.05) is 23.8 Å². The first-order chi connectivity index (χ1) is 9.79. The van der Waals surface area contributed by atoms with E-state index in [2.05, 4.69) is 6.92 Å². The molecule has 1 amide bonds. The Morgan fingerprint density at radius 1 is 1.33 bits per heavy atom. The van der Waals surface area contributed by atoms with Gasteiger partial charge in [0.05, 0.1) is 10.5 Å². The molecule has 0 aromatic heterocycles. The third kappa shape index (κ3) is 3.95. The van der Waals surface area contributed by atoms with Gasteiger partial charge >= 0.3 is 0 Å². The number of benzene rings is 1. The number of hydrogen-bond donors (Lipinski definition) is 0. The minimum absolute atomic E-state index is 0.117. The first-order valence-electron chi connectivity index (χ1n) is 6.82. The van der Waals surface area contributed by atoms with Gasteiger partial charge in [0.25, 0.3) is 15.0 Å². The van der Waals surface area contributed by atoms with Crippen molar-refractivity contribution in [1.82, 2.24) is 4.90 Å². The van der Waals surface area contributed by atoms with Crippen molar-refractivity contribution in [1.29, 1.82) is 0 Å². The van der Waals surface area contributed by atoms with Crippen molar-refractivity contribution in [2.24, 2.45) is 5.92 Å². The van der Waals surface area contributed by atoms with Crippen LogP contribution in [0, 0.1) is 11.7 Å². The normalized spacial score (nSPS) is 20.1. The van der Waals surface area contributed by atoms with Gasteiger partial charge in [0.2, 0.25) is 0 Å². The van der Waals surface area contributed by atoms with Crippen LogP contribution < -0.4 is 0 Å². The van der Waals surface area contributed by atoms with Crippen LogP contribution in [0.25, 0.3) is 0 Å². The van der Waals surface area contributed by atoms with E-state index in [1.54, 1.807) is 4.90 Å². The molecule has 1 fully saturated rings. The van der Waals surface area contributed by atoms with Gasteiger partial charge < -0.3 is 4.90 Å². The van der Waals surface area contributed by atoms with Crippen molar-refractivity contribution in [3.05, 3.63) is 29.6 Å². The van der Waals surface area contributed by atoms with Gasteiger partial charge in [-0.05, 0) is 43.4 Å². The minimum Gasteiger partial charge on any atom is -0.339 e. The van der Waals surface area contributed by atoms with Crippen molar-refractivity contribution in [3.8, 4) is 0 Å². The van der Waals surface area contributed by atoms with Crippen LogP contribution >= 0.6 is 10.7 Å². The molecule has 1 aliphatic rings. The van der Waals surface area contributed by atoms with Gasteiger partial charge in [-0.15, -0.1) is 0 Å². The SMILES string of the molecule is CC1CCCN(C(=O)c2ccc(S(=O)(=O)Cl)cc2F)CC1. The molecule has 0 radical (unpaired) electrons. The number of amides is 1. The molecule has 1 atom stereocenters. The maximum absolute atomic E-state index is 14.0. The van der Waals surface area contributed by atoms with Crippen LogP contribution in [0.3, 0.4) is 0 Å². The quantitative estimate of drug-likeness (QED) is 0.782. The van der Waals surface area contributed by atoms with Gasteiger partial charge in [-0.25, -0.2) is 12.8 Å². The average molecular weight is 334 g/mol. The summed E-state index contributed by atoms with van der Waals surface area (Å²) in [6, 6.07) is 3.12. The monoisotopic (exact) mass is 333 g/mol. The van der Waals surface area contributed by atoms with E-state index in [9.17, 15) is 17.6 Å². The van der Waals surface area contributed by atoms with Gasteiger partial charge in [0.1, 0.15) is 5.82 Å². The molecule has 0 saturated carbocycles. The smallest absolute Gasteiger partial charge is 0.261 e. The molecule has 2 rings (SSSR count). The topological polar surface area (TPSA) is 54.5 Å². The maximum atomic E-state index is 14.0. The van der Waals surface area contributed by atoms with E-state index in [-0.39, 0.29) is 10.5 Å². The number of halogens is 2. The second kappa shape index (κ2) is 6.32. The predicted octanol–water partition coefficient (Wildman–Crippen LogP) is 3.02. The van der Waals surface area contributed by atoms with E-state index in [1.165, 1.54) is 6.07 Å². The van der Waals surface area contributed by atoms with Gasteiger partial charge in [0.15, 0.2) is 0 Å². The second-order valence-corrected chi connectivity index (χ2v) is 7.97. The molecule has 0 bridgehead atoms. The molecule has 0 N–H and O–H groups in total. The molecule has 1 aromatic rings. The van der Waals surface area contributed by atoms with Crippen molar-refractivity contribution >= 4 is 25.6 Å². The average Bonchev–Trinajstić information content (AvgIpc) is 2.61. The van der Waals surface area contributed by atoms with Crippen LogP contribution in [0.4, 0.5) is 4.39 Å². The zero-order chi connectivity index (χ0) is 15.6. The van der Waals surface area contributed by atoms with Gasteiger partial charge in [-0.3, -0.25) is 4.79 Å². The molecule has 0 spiro atoms. The minimum atomic E-state index is -4.00. The Labute approximate surface area is 128 Å². The van der Waals surface area contributed by atoms with Crippen molar-refractivity contribution in [3.63, 3.8) is 0 Å². The zero-order valence-electron chi connectivity index (χ0n) is 11.7. The molecule has 1 saturated heterocycles. The van der Waals surface area contributed by atoms with Crippen molar-refractivity contribution < 1.29 is 17.6 Å². The molecule has 21 heavy (non-hydrogen) atoms. The summed E-state index contributed by atoms with van der Waals surface area (Å²) in [4.78, 5) is 13.6.